The average Bonchev–Trinajstić information content (AvgIpc) is 3.02. The summed E-state index contributed by atoms with van der Waals surface area (Å²) in [6.45, 7) is 9.14. The largest absolute Gasteiger partial charge is 0.493 e. The van der Waals surface area contributed by atoms with Crippen LogP contribution in [0.4, 0.5) is 0 Å². The van der Waals surface area contributed by atoms with Gasteiger partial charge >= 0.3 is 0 Å². The SMILES string of the molecule is Cc1ccc(C)c(OCCCCC(=O)N2CCCN(Cc3ccc(C#N)cc3)CC2)c1. The second-order valence-electron chi connectivity index (χ2n) is 8.39. The Bertz CT molecular complexity index is 902. The lowest BCUT2D eigenvalue weighted by atomic mass is 10.1. The van der Waals surface area contributed by atoms with Gasteiger partial charge in [0, 0.05) is 39.1 Å². The molecular formula is C26H33N3O2. The Labute approximate surface area is 186 Å². The lowest BCUT2D eigenvalue weighted by Gasteiger charge is -2.22. The van der Waals surface area contributed by atoms with Crippen molar-refractivity contribution in [2.75, 3.05) is 32.8 Å². The summed E-state index contributed by atoms with van der Waals surface area (Å²) < 4.78 is 5.90. The van der Waals surface area contributed by atoms with Crippen molar-refractivity contribution in [1.29, 1.82) is 5.26 Å². The van der Waals surface area contributed by atoms with Gasteiger partial charge in [-0.05, 0) is 68.0 Å². The molecule has 1 fully saturated rings. The smallest absolute Gasteiger partial charge is 0.222 e. The molecule has 0 aromatic heterocycles. The lowest BCUT2D eigenvalue weighted by Crippen LogP contribution is -2.35. The van der Waals surface area contributed by atoms with Crippen molar-refractivity contribution in [3.63, 3.8) is 0 Å². The maximum Gasteiger partial charge on any atom is 0.222 e. The van der Waals surface area contributed by atoms with Gasteiger partial charge in [0.05, 0.1) is 18.2 Å². The summed E-state index contributed by atoms with van der Waals surface area (Å²) in [5, 5.41) is 8.93. The van der Waals surface area contributed by atoms with Crippen LogP contribution in [0.3, 0.4) is 0 Å². The van der Waals surface area contributed by atoms with E-state index in [4.69, 9.17) is 10.00 Å². The van der Waals surface area contributed by atoms with Crippen LogP contribution in [-0.4, -0.2) is 48.5 Å². The van der Waals surface area contributed by atoms with Gasteiger partial charge in [0.25, 0.3) is 0 Å². The molecule has 31 heavy (non-hydrogen) atoms. The second-order valence-corrected chi connectivity index (χ2v) is 8.39. The molecule has 2 aromatic carbocycles. The van der Waals surface area contributed by atoms with Gasteiger partial charge in [0.15, 0.2) is 0 Å². The minimum absolute atomic E-state index is 0.256. The first kappa shape index (κ1) is 22.8. The normalized spacial score (nSPS) is 14.7. The van der Waals surface area contributed by atoms with Gasteiger partial charge < -0.3 is 9.64 Å². The number of unbranched alkanes of at least 4 members (excludes halogenated alkanes) is 1. The fraction of sp³-hybridized carbons (Fsp3) is 0.462. The standard InChI is InChI=1S/C26H33N3O2/c1-21-7-8-22(2)25(18-21)31-17-4-3-6-26(30)29-14-5-13-28(15-16-29)20-24-11-9-23(19-27)10-12-24/h7-12,18H,3-6,13-17,20H2,1-2H3. The van der Waals surface area contributed by atoms with Gasteiger partial charge in [-0.2, -0.15) is 5.26 Å². The van der Waals surface area contributed by atoms with Crippen LogP contribution in [0.25, 0.3) is 0 Å². The minimum Gasteiger partial charge on any atom is -0.493 e. The molecule has 0 radical (unpaired) electrons. The number of carbonyl (C=O) groups is 1. The maximum atomic E-state index is 12.7. The predicted octanol–water partition coefficient (Wildman–Crippen LogP) is 4.46. The molecule has 0 bridgehead atoms. The van der Waals surface area contributed by atoms with Crippen molar-refractivity contribution in [2.45, 2.75) is 46.1 Å². The fourth-order valence-corrected chi connectivity index (χ4v) is 3.90. The number of benzene rings is 2. The van der Waals surface area contributed by atoms with Crippen molar-refractivity contribution < 1.29 is 9.53 Å². The van der Waals surface area contributed by atoms with Crippen molar-refractivity contribution in [3.05, 3.63) is 64.7 Å². The molecule has 1 heterocycles. The molecule has 0 unspecified atom stereocenters. The molecule has 5 heteroatoms. The number of carbonyl (C=O) groups excluding carboxylic acids is 1. The van der Waals surface area contributed by atoms with Crippen molar-refractivity contribution in [3.8, 4) is 11.8 Å². The number of nitriles is 1. The third-order valence-corrected chi connectivity index (χ3v) is 5.82. The molecule has 1 aliphatic rings. The van der Waals surface area contributed by atoms with Crippen LogP contribution in [0.5, 0.6) is 5.75 Å². The van der Waals surface area contributed by atoms with Crippen LogP contribution in [-0.2, 0) is 11.3 Å². The topological polar surface area (TPSA) is 56.6 Å². The highest BCUT2D eigenvalue weighted by Gasteiger charge is 2.19. The number of rotatable bonds is 8. The summed E-state index contributed by atoms with van der Waals surface area (Å²) in [6.07, 6.45) is 3.33. The first-order chi connectivity index (χ1) is 15.0. The maximum absolute atomic E-state index is 12.7. The Kier molecular flexibility index (Phi) is 8.49. The van der Waals surface area contributed by atoms with Crippen molar-refractivity contribution in [1.82, 2.24) is 9.80 Å². The Morgan fingerprint density at radius 1 is 1.03 bits per heavy atom. The third kappa shape index (κ3) is 7.11. The molecule has 0 spiro atoms. The summed E-state index contributed by atoms with van der Waals surface area (Å²) in [5.74, 6) is 1.20. The zero-order chi connectivity index (χ0) is 22.1. The number of amides is 1. The quantitative estimate of drug-likeness (QED) is 0.593. The van der Waals surface area contributed by atoms with Gasteiger partial charge in [-0.15, -0.1) is 0 Å². The van der Waals surface area contributed by atoms with Crippen LogP contribution < -0.4 is 4.74 Å². The molecule has 0 N–H and O–H groups in total. The molecule has 164 valence electrons. The summed E-state index contributed by atoms with van der Waals surface area (Å²) in [4.78, 5) is 17.1. The Morgan fingerprint density at radius 2 is 1.84 bits per heavy atom. The summed E-state index contributed by atoms with van der Waals surface area (Å²) in [7, 11) is 0. The van der Waals surface area contributed by atoms with Gasteiger partial charge in [-0.25, -0.2) is 0 Å². The number of nitrogens with zero attached hydrogens (tertiary/aromatic N) is 3. The van der Waals surface area contributed by atoms with Gasteiger partial charge in [0.2, 0.25) is 5.91 Å². The zero-order valence-corrected chi connectivity index (χ0v) is 18.8. The predicted molar refractivity (Wildman–Crippen MR) is 123 cm³/mol. The number of hydrogen-bond donors (Lipinski definition) is 0. The molecule has 1 aliphatic heterocycles. The van der Waals surface area contributed by atoms with E-state index in [1.54, 1.807) is 0 Å². The number of hydrogen-bond acceptors (Lipinski definition) is 4. The number of aryl methyl sites for hydroxylation is 2. The molecule has 1 saturated heterocycles. The summed E-state index contributed by atoms with van der Waals surface area (Å²) in [5.41, 5.74) is 4.25. The van der Waals surface area contributed by atoms with Crippen LogP contribution >= 0.6 is 0 Å². The van der Waals surface area contributed by atoms with E-state index in [1.807, 2.05) is 29.2 Å². The van der Waals surface area contributed by atoms with Gasteiger partial charge in [-0.1, -0.05) is 24.3 Å². The average molecular weight is 420 g/mol. The van der Waals surface area contributed by atoms with Crippen LogP contribution in [0, 0.1) is 25.2 Å². The molecule has 2 aromatic rings. The first-order valence-corrected chi connectivity index (χ1v) is 11.2. The van der Waals surface area contributed by atoms with Crippen molar-refractivity contribution in [2.24, 2.45) is 0 Å². The highest BCUT2D eigenvalue weighted by Crippen LogP contribution is 2.19. The Balaban J connectivity index is 1.36. The zero-order valence-electron chi connectivity index (χ0n) is 18.8. The minimum atomic E-state index is 0.256. The van der Waals surface area contributed by atoms with Gasteiger partial charge in [0.1, 0.15) is 5.75 Å². The molecule has 0 atom stereocenters. The van der Waals surface area contributed by atoms with Crippen LogP contribution in [0.2, 0.25) is 0 Å². The fourth-order valence-electron chi connectivity index (χ4n) is 3.90. The van der Waals surface area contributed by atoms with E-state index in [1.165, 1.54) is 11.1 Å². The molecule has 3 rings (SSSR count). The summed E-state index contributed by atoms with van der Waals surface area (Å²) >= 11 is 0. The van der Waals surface area contributed by atoms with E-state index in [2.05, 4.69) is 43.0 Å². The molecule has 0 aliphatic carbocycles. The molecule has 5 nitrogen and oxygen atoms in total. The molecule has 0 saturated carbocycles. The van der Waals surface area contributed by atoms with E-state index in [-0.39, 0.29) is 5.91 Å². The van der Waals surface area contributed by atoms with Crippen LogP contribution in [0.1, 0.15) is 47.9 Å². The third-order valence-electron chi connectivity index (χ3n) is 5.82. The Hall–Kier alpha value is -2.84. The highest BCUT2D eigenvalue weighted by molar-refractivity contribution is 5.76. The van der Waals surface area contributed by atoms with E-state index in [0.717, 1.165) is 63.3 Å². The molecular weight excluding hydrogens is 386 g/mol. The lowest BCUT2D eigenvalue weighted by molar-refractivity contribution is -0.131. The second kappa shape index (κ2) is 11.5. The monoisotopic (exact) mass is 419 g/mol. The molecule has 1 amide bonds. The van der Waals surface area contributed by atoms with Gasteiger partial charge in [-0.3, -0.25) is 9.69 Å². The first-order valence-electron chi connectivity index (χ1n) is 11.2. The highest BCUT2D eigenvalue weighted by atomic mass is 16.5. The summed E-state index contributed by atoms with van der Waals surface area (Å²) in [6, 6.07) is 16.2. The van der Waals surface area contributed by atoms with E-state index in [9.17, 15) is 4.79 Å². The van der Waals surface area contributed by atoms with Crippen molar-refractivity contribution >= 4 is 5.91 Å². The van der Waals surface area contributed by atoms with E-state index in [0.29, 0.717) is 18.6 Å². The van der Waals surface area contributed by atoms with E-state index < -0.39 is 0 Å². The number of ether oxygens (including phenoxy) is 1. The van der Waals surface area contributed by atoms with E-state index >= 15 is 0 Å². The van der Waals surface area contributed by atoms with Crippen LogP contribution in [0.15, 0.2) is 42.5 Å². The Morgan fingerprint density at radius 3 is 2.61 bits per heavy atom.